The van der Waals surface area contributed by atoms with Crippen molar-refractivity contribution in [1.82, 2.24) is 0 Å². The third-order valence-electron chi connectivity index (χ3n) is 1.57. The predicted octanol–water partition coefficient (Wildman–Crippen LogP) is 1.24. The minimum Gasteiger partial charge on any atom is -0.395 e. The molecule has 0 saturated heterocycles. The summed E-state index contributed by atoms with van der Waals surface area (Å²) in [6.07, 6.45) is 5.20. The average Bonchev–Trinajstić information content (AvgIpc) is 2.19. The topological polar surface area (TPSA) is 74.6 Å². The van der Waals surface area contributed by atoms with Gasteiger partial charge in [-0.3, -0.25) is 4.55 Å². The van der Waals surface area contributed by atoms with Gasteiger partial charge in [0.1, 0.15) is 0 Å². The van der Waals surface area contributed by atoms with Gasteiger partial charge in [-0.15, -0.1) is 12.3 Å². The number of benzene rings is 1. The summed E-state index contributed by atoms with van der Waals surface area (Å²) in [5.74, 6) is 2.27. The Kier molecular flexibility index (Phi) is 6.42. The molecule has 0 atom stereocenters. The first kappa shape index (κ1) is 14.6. The fourth-order valence-corrected chi connectivity index (χ4v) is 1.25. The maximum atomic E-state index is 10.5. The van der Waals surface area contributed by atoms with Crippen molar-refractivity contribution >= 4 is 10.1 Å². The highest BCUT2D eigenvalue weighted by molar-refractivity contribution is 7.85. The molecular formula is C11H14O4S. The summed E-state index contributed by atoms with van der Waals surface area (Å²) in [4.78, 5) is -0.0666. The Hall–Kier alpha value is -1.35. The van der Waals surface area contributed by atoms with Crippen LogP contribution in [0.3, 0.4) is 0 Å². The Balaban J connectivity index is 0.000000385. The third-order valence-corrected chi connectivity index (χ3v) is 2.44. The molecule has 5 heteroatoms. The Labute approximate surface area is 95.7 Å². The number of rotatable bonds is 2. The number of terminal acetylenes is 1. The van der Waals surface area contributed by atoms with Crippen molar-refractivity contribution in [2.45, 2.75) is 18.2 Å². The van der Waals surface area contributed by atoms with Crippen molar-refractivity contribution in [3.63, 3.8) is 0 Å². The molecule has 0 aliphatic carbocycles. The molecule has 0 aliphatic heterocycles. The van der Waals surface area contributed by atoms with Crippen LogP contribution in [0, 0.1) is 19.3 Å². The van der Waals surface area contributed by atoms with Gasteiger partial charge in [-0.1, -0.05) is 17.7 Å². The first-order valence-electron chi connectivity index (χ1n) is 4.50. The summed E-state index contributed by atoms with van der Waals surface area (Å²) < 4.78 is 29.6. The quantitative estimate of drug-likeness (QED) is 0.604. The summed E-state index contributed by atoms with van der Waals surface area (Å²) in [5.41, 5.74) is 0.956. The van der Waals surface area contributed by atoms with Gasteiger partial charge in [-0.05, 0) is 19.1 Å². The summed E-state index contributed by atoms with van der Waals surface area (Å²) in [7, 11) is -4.02. The van der Waals surface area contributed by atoms with Crippen LogP contribution in [-0.4, -0.2) is 24.7 Å². The van der Waals surface area contributed by atoms with Gasteiger partial charge in [0.25, 0.3) is 10.1 Å². The van der Waals surface area contributed by atoms with Crippen LogP contribution in [0.4, 0.5) is 0 Å². The lowest BCUT2D eigenvalue weighted by Crippen LogP contribution is -1.96. The first-order chi connectivity index (χ1) is 7.41. The van der Waals surface area contributed by atoms with Gasteiger partial charge in [0.2, 0.25) is 0 Å². The smallest absolute Gasteiger partial charge is 0.294 e. The Morgan fingerprint density at radius 3 is 2.06 bits per heavy atom. The SMILES string of the molecule is C#CCCO.Cc1ccc(S(=O)(=O)O)cc1. The zero-order chi connectivity index (χ0) is 12.6. The normalized spacial score (nSPS) is 9.88. The maximum absolute atomic E-state index is 10.5. The van der Waals surface area contributed by atoms with Crippen molar-refractivity contribution < 1.29 is 18.1 Å². The van der Waals surface area contributed by atoms with Crippen LogP contribution in [0.1, 0.15) is 12.0 Å². The van der Waals surface area contributed by atoms with Crippen molar-refractivity contribution in [3.05, 3.63) is 29.8 Å². The summed E-state index contributed by atoms with van der Waals surface area (Å²) in [6, 6.07) is 5.99. The van der Waals surface area contributed by atoms with Gasteiger partial charge in [0.05, 0.1) is 11.5 Å². The van der Waals surface area contributed by atoms with Gasteiger partial charge in [-0.25, -0.2) is 0 Å². The number of hydrogen-bond donors (Lipinski definition) is 2. The summed E-state index contributed by atoms with van der Waals surface area (Å²) in [6.45, 7) is 1.95. The van der Waals surface area contributed by atoms with E-state index in [-0.39, 0.29) is 11.5 Å². The highest BCUT2D eigenvalue weighted by atomic mass is 32.2. The number of aryl methyl sites for hydroxylation is 1. The van der Waals surface area contributed by atoms with Gasteiger partial charge in [-0.2, -0.15) is 8.42 Å². The lowest BCUT2D eigenvalue weighted by molar-refractivity contribution is 0.305. The molecule has 1 rings (SSSR count). The fraction of sp³-hybridized carbons (Fsp3) is 0.273. The monoisotopic (exact) mass is 242 g/mol. The lowest BCUT2D eigenvalue weighted by atomic mass is 10.2. The molecule has 0 bridgehead atoms. The lowest BCUT2D eigenvalue weighted by Gasteiger charge is -1.95. The molecule has 0 radical (unpaired) electrons. The zero-order valence-electron chi connectivity index (χ0n) is 8.92. The molecule has 1 aromatic carbocycles. The Morgan fingerprint density at radius 1 is 1.31 bits per heavy atom. The van der Waals surface area contributed by atoms with E-state index < -0.39 is 10.1 Å². The van der Waals surface area contributed by atoms with Gasteiger partial charge in [0, 0.05) is 6.42 Å². The van der Waals surface area contributed by atoms with E-state index in [1.807, 2.05) is 6.92 Å². The minimum atomic E-state index is -4.02. The van der Waals surface area contributed by atoms with Crippen LogP contribution in [-0.2, 0) is 10.1 Å². The molecule has 4 nitrogen and oxygen atoms in total. The molecule has 0 amide bonds. The maximum Gasteiger partial charge on any atom is 0.294 e. The summed E-state index contributed by atoms with van der Waals surface area (Å²) >= 11 is 0. The molecule has 0 spiro atoms. The molecule has 0 fully saturated rings. The van der Waals surface area contributed by atoms with E-state index >= 15 is 0 Å². The van der Waals surface area contributed by atoms with E-state index in [1.54, 1.807) is 12.1 Å². The molecule has 88 valence electrons. The van der Waals surface area contributed by atoms with Crippen LogP contribution in [0.2, 0.25) is 0 Å². The molecular weight excluding hydrogens is 228 g/mol. The molecule has 16 heavy (non-hydrogen) atoms. The van der Waals surface area contributed by atoms with Gasteiger partial charge < -0.3 is 5.11 Å². The second-order valence-electron chi connectivity index (χ2n) is 2.97. The van der Waals surface area contributed by atoms with Crippen LogP contribution < -0.4 is 0 Å². The molecule has 0 saturated carbocycles. The largest absolute Gasteiger partial charge is 0.395 e. The highest BCUT2D eigenvalue weighted by Crippen LogP contribution is 2.08. The van der Waals surface area contributed by atoms with Crippen LogP contribution >= 0.6 is 0 Å². The second-order valence-corrected chi connectivity index (χ2v) is 4.39. The predicted molar refractivity (Wildman–Crippen MR) is 61.5 cm³/mol. The van der Waals surface area contributed by atoms with Crippen molar-refractivity contribution in [3.8, 4) is 12.3 Å². The molecule has 0 heterocycles. The van der Waals surface area contributed by atoms with E-state index in [4.69, 9.17) is 16.1 Å². The summed E-state index contributed by atoms with van der Waals surface area (Å²) in [5, 5.41) is 7.92. The standard InChI is InChI=1S/C7H8O3S.C4H6O/c1-6-2-4-7(5-3-6)11(8,9)10;1-2-3-4-5/h2-5H,1H3,(H,8,9,10);1,5H,3-4H2. The molecule has 1 aromatic rings. The van der Waals surface area contributed by atoms with Crippen molar-refractivity contribution in [2.75, 3.05) is 6.61 Å². The van der Waals surface area contributed by atoms with E-state index in [0.717, 1.165) is 5.56 Å². The fourth-order valence-electron chi connectivity index (χ4n) is 0.775. The number of aliphatic hydroxyl groups is 1. The average molecular weight is 242 g/mol. The van der Waals surface area contributed by atoms with E-state index in [2.05, 4.69) is 5.92 Å². The second kappa shape index (κ2) is 7.01. The molecule has 2 N–H and O–H groups in total. The van der Waals surface area contributed by atoms with Crippen LogP contribution in [0.5, 0.6) is 0 Å². The molecule has 0 aliphatic rings. The zero-order valence-corrected chi connectivity index (χ0v) is 9.74. The van der Waals surface area contributed by atoms with Crippen molar-refractivity contribution in [1.29, 1.82) is 0 Å². The Morgan fingerprint density at radius 2 is 1.81 bits per heavy atom. The molecule has 0 unspecified atom stereocenters. The van der Waals surface area contributed by atoms with E-state index in [9.17, 15) is 8.42 Å². The van der Waals surface area contributed by atoms with Gasteiger partial charge in [0.15, 0.2) is 0 Å². The van der Waals surface area contributed by atoms with E-state index in [1.165, 1.54) is 12.1 Å². The highest BCUT2D eigenvalue weighted by Gasteiger charge is 2.06. The number of hydrogen-bond acceptors (Lipinski definition) is 3. The van der Waals surface area contributed by atoms with Crippen LogP contribution in [0.15, 0.2) is 29.2 Å². The van der Waals surface area contributed by atoms with Crippen molar-refractivity contribution in [2.24, 2.45) is 0 Å². The first-order valence-corrected chi connectivity index (χ1v) is 5.94. The van der Waals surface area contributed by atoms with E-state index in [0.29, 0.717) is 6.42 Å². The minimum absolute atomic E-state index is 0.0666. The molecule has 0 aromatic heterocycles. The third kappa shape index (κ3) is 6.19. The Bertz CT molecular complexity index is 440. The van der Waals surface area contributed by atoms with Crippen LogP contribution in [0.25, 0.3) is 0 Å². The number of aliphatic hydroxyl groups excluding tert-OH is 1. The van der Waals surface area contributed by atoms with Gasteiger partial charge >= 0.3 is 0 Å².